The summed E-state index contributed by atoms with van der Waals surface area (Å²) in [7, 11) is 0. The molecule has 0 aliphatic carbocycles. The molecule has 0 saturated heterocycles. The van der Waals surface area contributed by atoms with Crippen molar-refractivity contribution < 1.29 is 4.79 Å². The summed E-state index contributed by atoms with van der Waals surface area (Å²) in [5, 5.41) is 1.000. The van der Waals surface area contributed by atoms with Crippen LogP contribution in [0.5, 0.6) is 0 Å². The van der Waals surface area contributed by atoms with E-state index in [9.17, 15) is 9.59 Å². The topological polar surface area (TPSA) is 53.2 Å². The van der Waals surface area contributed by atoms with E-state index in [1.165, 1.54) is 0 Å². The predicted molar refractivity (Wildman–Crippen MR) is 80.7 cm³/mol. The van der Waals surface area contributed by atoms with Gasteiger partial charge in [0.05, 0.1) is 6.54 Å². The number of amides is 1. The van der Waals surface area contributed by atoms with Crippen molar-refractivity contribution in [1.29, 1.82) is 0 Å². The van der Waals surface area contributed by atoms with Crippen molar-refractivity contribution in [2.45, 2.75) is 33.7 Å². The largest absolute Gasteiger partial charge is 0.338 e. The van der Waals surface area contributed by atoms with E-state index in [-0.39, 0.29) is 11.5 Å². The van der Waals surface area contributed by atoms with Crippen LogP contribution in [-0.4, -0.2) is 22.3 Å². The molecule has 2 rings (SSSR count). The van der Waals surface area contributed by atoms with Crippen LogP contribution in [-0.2, 0) is 11.3 Å². The zero-order chi connectivity index (χ0) is 14.7. The van der Waals surface area contributed by atoms with Gasteiger partial charge in [-0.3, -0.25) is 9.59 Å². The molecule has 1 N–H and O–H groups in total. The molecule has 0 spiro atoms. The molecular weight excluding hydrogens is 252 g/mol. The van der Waals surface area contributed by atoms with Gasteiger partial charge in [-0.15, -0.1) is 0 Å². The van der Waals surface area contributed by atoms with Crippen LogP contribution in [0.15, 0.2) is 29.1 Å². The van der Waals surface area contributed by atoms with Crippen LogP contribution in [0, 0.1) is 6.92 Å². The first-order valence-electron chi connectivity index (χ1n) is 6.95. The van der Waals surface area contributed by atoms with E-state index in [0.717, 1.165) is 16.5 Å². The van der Waals surface area contributed by atoms with Gasteiger partial charge in [-0.25, -0.2) is 0 Å². The first kappa shape index (κ1) is 14.3. The molecular formula is C16H20N2O2. The quantitative estimate of drug-likeness (QED) is 0.930. The summed E-state index contributed by atoms with van der Waals surface area (Å²) in [6.45, 7) is 6.75. The molecule has 0 atom stereocenters. The summed E-state index contributed by atoms with van der Waals surface area (Å²) in [6, 6.07) is 7.79. The van der Waals surface area contributed by atoms with E-state index in [0.29, 0.717) is 25.1 Å². The molecule has 0 radical (unpaired) electrons. The van der Waals surface area contributed by atoms with E-state index < -0.39 is 0 Å². The Kier molecular flexibility index (Phi) is 4.23. The van der Waals surface area contributed by atoms with E-state index in [1.807, 2.05) is 45.0 Å². The Morgan fingerprint density at radius 1 is 1.25 bits per heavy atom. The van der Waals surface area contributed by atoms with Gasteiger partial charge in [0.15, 0.2) is 0 Å². The summed E-state index contributed by atoms with van der Waals surface area (Å²) in [5.74, 6) is 0.0660. The second-order valence-corrected chi connectivity index (χ2v) is 4.98. The number of benzene rings is 1. The molecule has 0 fully saturated rings. The smallest absolute Gasteiger partial charge is 0.253 e. The number of rotatable bonds is 4. The van der Waals surface area contributed by atoms with Gasteiger partial charge < -0.3 is 9.88 Å². The fourth-order valence-corrected chi connectivity index (χ4v) is 2.29. The minimum atomic E-state index is -0.122. The van der Waals surface area contributed by atoms with Crippen molar-refractivity contribution in [1.82, 2.24) is 9.88 Å². The van der Waals surface area contributed by atoms with Crippen molar-refractivity contribution >= 4 is 16.8 Å². The van der Waals surface area contributed by atoms with E-state index in [1.54, 1.807) is 4.90 Å². The Balaban J connectivity index is 2.41. The maximum Gasteiger partial charge on any atom is 0.253 e. The zero-order valence-corrected chi connectivity index (χ0v) is 12.2. The van der Waals surface area contributed by atoms with Crippen molar-refractivity contribution in [3.63, 3.8) is 0 Å². The Morgan fingerprint density at radius 3 is 2.65 bits per heavy atom. The van der Waals surface area contributed by atoms with Crippen LogP contribution in [0.1, 0.15) is 31.4 Å². The zero-order valence-electron chi connectivity index (χ0n) is 12.2. The second kappa shape index (κ2) is 5.90. The molecule has 2 aromatic rings. The third-order valence-electron chi connectivity index (χ3n) is 3.47. The standard InChI is InChI=1S/C16H20N2O2/c1-4-15(19)18(5-2)10-13-9-12-8-11(3)6-7-14(12)17-16(13)20/h6-9H,4-5,10H2,1-3H3,(H,17,20). The third-order valence-corrected chi connectivity index (χ3v) is 3.47. The van der Waals surface area contributed by atoms with Crippen molar-refractivity contribution in [2.24, 2.45) is 0 Å². The number of hydrogen-bond acceptors (Lipinski definition) is 2. The molecule has 0 bridgehead atoms. The Labute approximate surface area is 118 Å². The summed E-state index contributed by atoms with van der Waals surface area (Å²) >= 11 is 0. The number of aromatic amines is 1. The van der Waals surface area contributed by atoms with Gasteiger partial charge >= 0.3 is 0 Å². The van der Waals surface area contributed by atoms with E-state index in [4.69, 9.17) is 0 Å². The van der Waals surface area contributed by atoms with Crippen LogP contribution in [0.25, 0.3) is 10.9 Å². The lowest BCUT2D eigenvalue weighted by atomic mass is 10.1. The average Bonchev–Trinajstić information content (AvgIpc) is 2.44. The number of fused-ring (bicyclic) bond motifs is 1. The van der Waals surface area contributed by atoms with Crippen LogP contribution in [0.4, 0.5) is 0 Å². The fraction of sp³-hybridized carbons (Fsp3) is 0.375. The minimum Gasteiger partial charge on any atom is -0.338 e. The van der Waals surface area contributed by atoms with Crippen molar-refractivity contribution in [3.05, 3.63) is 45.7 Å². The number of pyridine rings is 1. The number of nitrogens with one attached hydrogen (secondary N) is 1. The highest BCUT2D eigenvalue weighted by molar-refractivity contribution is 5.80. The van der Waals surface area contributed by atoms with Crippen molar-refractivity contribution in [3.8, 4) is 0 Å². The summed E-state index contributed by atoms with van der Waals surface area (Å²) in [6.07, 6.45) is 0.457. The fourth-order valence-electron chi connectivity index (χ4n) is 2.29. The van der Waals surface area contributed by atoms with Crippen LogP contribution < -0.4 is 5.56 Å². The maximum atomic E-state index is 12.1. The van der Waals surface area contributed by atoms with Gasteiger partial charge in [0.2, 0.25) is 5.91 Å². The van der Waals surface area contributed by atoms with Crippen LogP contribution in [0.2, 0.25) is 0 Å². The molecule has 0 saturated carbocycles. The lowest BCUT2D eigenvalue weighted by molar-refractivity contribution is -0.131. The van der Waals surface area contributed by atoms with Crippen LogP contribution >= 0.6 is 0 Å². The Morgan fingerprint density at radius 2 is 2.00 bits per heavy atom. The minimum absolute atomic E-state index is 0.0660. The molecule has 4 nitrogen and oxygen atoms in total. The lowest BCUT2D eigenvalue weighted by Crippen LogP contribution is -2.32. The molecule has 1 aromatic heterocycles. The molecule has 106 valence electrons. The number of carbonyl (C=O) groups is 1. The number of aryl methyl sites for hydroxylation is 1. The highest BCUT2D eigenvalue weighted by Gasteiger charge is 2.12. The SMILES string of the molecule is CCC(=O)N(CC)Cc1cc2cc(C)ccc2[nH]c1=O. The Bertz CT molecular complexity index is 688. The molecule has 0 aliphatic heterocycles. The molecule has 0 aliphatic rings. The summed E-state index contributed by atoms with van der Waals surface area (Å²) < 4.78 is 0. The molecule has 0 unspecified atom stereocenters. The molecule has 1 aromatic carbocycles. The maximum absolute atomic E-state index is 12.1. The molecule has 1 heterocycles. The van der Waals surface area contributed by atoms with Crippen molar-refractivity contribution in [2.75, 3.05) is 6.54 Å². The number of carbonyl (C=O) groups excluding carboxylic acids is 1. The first-order valence-corrected chi connectivity index (χ1v) is 6.95. The van der Waals surface area contributed by atoms with Gasteiger partial charge in [-0.05, 0) is 37.4 Å². The summed E-state index contributed by atoms with van der Waals surface area (Å²) in [4.78, 5) is 28.5. The Hall–Kier alpha value is -2.10. The van der Waals surface area contributed by atoms with Gasteiger partial charge in [0.25, 0.3) is 5.56 Å². The normalized spacial score (nSPS) is 10.8. The van der Waals surface area contributed by atoms with Gasteiger partial charge in [0.1, 0.15) is 0 Å². The monoisotopic (exact) mass is 272 g/mol. The van der Waals surface area contributed by atoms with Crippen LogP contribution in [0.3, 0.4) is 0 Å². The highest BCUT2D eigenvalue weighted by atomic mass is 16.2. The third kappa shape index (κ3) is 2.90. The summed E-state index contributed by atoms with van der Waals surface area (Å²) in [5.41, 5.74) is 2.48. The molecule has 4 heteroatoms. The number of aromatic nitrogens is 1. The second-order valence-electron chi connectivity index (χ2n) is 4.98. The van der Waals surface area contributed by atoms with Gasteiger partial charge in [-0.1, -0.05) is 18.6 Å². The van der Waals surface area contributed by atoms with Gasteiger partial charge in [-0.2, -0.15) is 0 Å². The average molecular weight is 272 g/mol. The van der Waals surface area contributed by atoms with Gasteiger partial charge in [0, 0.05) is 24.0 Å². The van der Waals surface area contributed by atoms with E-state index in [2.05, 4.69) is 4.98 Å². The lowest BCUT2D eigenvalue weighted by Gasteiger charge is -2.20. The number of H-pyrrole nitrogens is 1. The first-order chi connectivity index (χ1) is 9.55. The van der Waals surface area contributed by atoms with E-state index >= 15 is 0 Å². The molecule has 1 amide bonds. The number of hydrogen-bond donors (Lipinski definition) is 1. The molecule has 20 heavy (non-hydrogen) atoms. The highest BCUT2D eigenvalue weighted by Crippen LogP contribution is 2.14. The number of nitrogens with zero attached hydrogens (tertiary/aromatic N) is 1. The predicted octanol–water partition coefficient (Wildman–Crippen LogP) is 2.60.